The summed E-state index contributed by atoms with van der Waals surface area (Å²) in [5.41, 5.74) is 0.726. The van der Waals surface area contributed by atoms with Crippen molar-refractivity contribution in [2.75, 3.05) is 26.2 Å². The fourth-order valence-electron chi connectivity index (χ4n) is 2.66. The van der Waals surface area contributed by atoms with Crippen LogP contribution in [0.1, 0.15) is 26.6 Å². The van der Waals surface area contributed by atoms with Gasteiger partial charge in [0.1, 0.15) is 0 Å². The average Bonchev–Trinajstić information content (AvgIpc) is 3.07. The summed E-state index contributed by atoms with van der Waals surface area (Å²) in [7, 11) is 0. The minimum absolute atomic E-state index is 0.172. The largest absolute Gasteiger partial charge is 0.459 e. The van der Waals surface area contributed by atoms with E-state index in [0.717, 1.165) is 0 Å². The molecule has 3 heterocycles. The molecule has 3 rings (SSSR count). The highest BCUT2D eigenvalue weighted by atomic mass is 16.3. The van der Waals surface area contributed by atoms with Crippen LogP contribution in [-0.4, -0.2) is 52.8 Å². The van der Waals surface area contributed by atoms with Gasteiger partial charge in [0.2, 0.25) is 5.56 Å². The predicted molar refractivity (Wildman–Crippen MR) is 82.3 cm³/mol. The molecular weight excluding hydrogens is 298 g/mol. The first-order chi connectivity index (χ1) is 11.0. The molecule has 2 amide bonds. The van der Waals surface area contributed by atoms with Gasteiger partial charge in [-0.1, -0.05) is 0 Å². The summed E-state index contributed by atoms with van der Waals surface area (Å²) in [4.78, 5) is 42.0. The molecule has 0 aliphatic carbocycles. The van der Waals surface area contributed by atoms with Gasteiger partial charge in [0.15, 0.2) is 5.76 Å². The quantitative estimate of drug-likeness (QED) is 0.891. The molecule has 0 spiro atoms. The lowest BCUT2D eigenvalue weighted by molar-refractivity contribution is 0.0518. The summed E-state index contributed by atoms with van der Waals surface area (Å²) in [6, 6.07) is 6.25. The standard InChI is InChI=1S/C16H17N3O4/c1-11-9-12(10-14(20)17-11)15(21)18-4-6-19(7-5-18)16(22)13-3-2-8-23-13/h2-3,8-10H,4-7H2,1H3,(H,17,20). The third kappa shape index (κ3) is 3.18. The molecular formula is C16H17N3O4. The van der Waals surface area contributed by atoms with Crippen molar-refractivity contribution in [1.82, 2.24) is 14.8 Å². The van der Waals surface area contributed by atoms with Gasteiger partial charge in [-0.3, -0.25) is 14.4 Å². The van der Waals surface area contributed by atoms with Gasteiger partial charge in [0, 0.05) is 43.5 Å². The monoisotopic (exact) mass is 315 g/mol. The number of furan rings is 1. The van der Waals surface area contributed by atoms with Gasteiger partial charge in [0.05, 0.1) is 6.26 Å². The average molecular weight is 315 g/mol. The summed E-state index contributed by atoms with van der Waals surface area (Å²) in [6.45, 7) is 3.47. The van der Waals surface area contributed by atoms with E-state index in [2.05, 4.69) is 4.98 Å². The number of pyridine rings is 1. The van der Waals surface area contributed by atoms with Crippen molar-refractivity contribution >= 4 is 11.8 Å². The second kappa shape index (κ2) is 6.12. The van der Waals surface area contributed by atoms with Crippen LogP contribution in [0.3, 0.4) is 0 Å². The van der Waals surface area contributed by atoms with Crippen LogP contribution in [0.5, 0.6) is 0 Å². The summed E-state index contributed by atoms with van der Waals surface area (Å²) in [6.07, 6.45) is 1.46. The molecule has 1 saturated heterocycles. The van der Waals surface area contributed by atoms with E-state index in [1.807, 2.05) is 0 Å². The number of rotatable bonds is 2. The Morgan fingerprint density at radius 1 is 1.09 bits per heavy atom. The van der Waals surface area contributed by atoms with E-state index in [1.54, 1.807) is 34.9 Å². The van der Waals surface area contributed by atoms with E-state index in [4.69, 9.17) is 4.42 Å². The first-order valence-corrected chi connectivity index (χ1v) is 7.37. The van der Waals surface area contributed by atoms with E-state index in [-0.39, 0.29) is 17.4 Å². The molecule has 1 fully saturated rings. The molecule has 1 N–H and O–H groups in total. The summed E-state index contributed by atoms with van der Waals surface area (Å²) >= 11 is 0. The number of amides is 2. The lowest BCUT2D eigenvalue weighted by atomic mass is 10.2. The number of nitrogens with zero attached hydrogens (tertiary/aromatic N) is 2. The molecule has 0 saturated carbocycles. The van der Waals surface area contributed by atoms with Crippen LogP contribution in [0.25, 0.3) is 0 Å². The first-order valence-electron chi connectivity index (χ1n) is 7.37. The number of hydrogen-bond donors (Lipinski definition) is 1. The Balaban J connectivity index is 1.65. The van der Waals surface area contributed by atoms with Gasteiger partial charge in [-0.15, -0.1) is 0 Å². The van der Waals surface area contributed by atoms with Crippen molar-refractivity contribution < 1.29 is 14.0 Å². The van der Waals surface area contributed by atoms with Crippen LogP contribution < -0.4 is 5.56 Å². The molecule has 1 aliphatic heterocycles. The lowest BCUT2D eigenvalue weighted by Gasteiger charge is -2.34. The normalized spacial score (nSPS) is 14.8. The van der Waals surface area contributed by atoms with Crippen molar-refractivity contribution in [2.24, 2.45) is 0 Å². The van der Waals surface area contributed by atoms with E-state index in [0.29, 0.717) is 43.2 Å². The highest BCUT2D eigenvalue weighted by molar-refractivity contribution is 5.95. The second-order valence-electron chi connectivity index (χ2n) is 5.48. The summed E-state index contributed by atoms with van der Waals surface area (Å²) in [5, 5.41) is 0. The highest BCUT2D eigenvalue weighted by Crippen LogP contribution is 2.12. The summed E-state index contributed by atoms with van der Waals surface area (Å²) in [5.74, 6) is -0.0617. The fourth-order valence-corrected chi connectivity index (χ4v) is 2.66. The minimum atomic E-state index is -0.292. The van der Waals surface area contributed by atoms with E-state index in [1.165, 1.54) is 12.3 Å². The fraction of sp³-hybridized carbons (Fsp3) is 0.312. The van der Waals surface area contributed by atoms with Gasteiger partial charge in [-0.2, -0.15) is 0 Å². The smallest absolute Gasteiger partial charge is 0.289 e. The van der Waals surface area contributed by atoms with Crippen LogP contribution in [0.15, 0.2) is 39.7 Å². The van der Waals surface area contributed by atoms with Crippen molar-refractivity contribution in [3.8, 4) is 0 Å². The van der Waals surface area contributed by atoms with Gasteiger partial charge in [-0.05, 0) is 25.1 Å². The number of piperazine rings is 1. The number of carbonyl (C=O) groups excluding carboxylic acids is 2. The maximum atomic E-state index is 12.5. The van der Waals surface area contributed by atoms with Crippen molar-refractivity contribution in [3.05, 3.63) is 57.9 Å². The van der Waals surface area contributed by atoms with Gasteiger partial charge in [0.25, 0.3) is 11.8 Å². The SMILES string of the molecule is Cc1cc(C(=O)N2CCN(C(=O)c3ccco3)CC2)cc(=O)[nH]1. The molecule has 7 nitrogen and oxygen atoms in total. The molecule has 0 aromatic carbocycles. The Hall–Kier alpha value is -2.83. The van der Waals surface area contributed by atoms with E-state index < -0.39 is 0 Å². The zero-order valence-electron chi connectivity index (χ0n) is 12.7. The molecule has 0 bridgehead atoms. The number of aryl methyl sites for hydroxylation is 1. The predicted octanol–water partition coefficient (Wildman–Crippen LogP) is 0.875. The van der Waals surface area contributed by atoms with Gasteiger partial charge < -0.3 is 19.2 Å². The van der Waals surface area contributed by atoms with Crippen molar-refractivity contribution in [3.63, 3.8) is 0 Å². The minimum Gasteiger partial charge on any atom is -0.459 e. The number of carbonyl (C=O) groups is 2. The van der Waals surface area contributed by atoms with Crippen LogP contribution in [-0.2, 0) is 0 Å². The van der Waals surface area contributed by atoms with Crippen molar-refractivity contribution in [2.45, 2.75) is 6.92 Å². The highest BCUT2D eigenvalue weighted by Gasteiger charge is 2.26. The zero-order chi connectivity index (χ0) is 16.4. The van der Waals surface area contributed by atoms with E-state index >= 15 is 0 Å². The second-order valence-corrected chi connectivity index (χ2v) is 5.48. The van der Waals surface area contributed by atoms with Crippen molar-refractivity contribution in [1.29, 1.82) is 0 Å². The van der Waals surface area contributed by atoms with Gasteiger partial charge >= 0.3 is 0 Å². The third-order valence-corrected chi connectivity index (χ3v) is 3.81. The third-order valence-electron chi connectivity index (χ3n) is 3.81. The molecule has 7 heteroatoms. The Labute approximate surface area is 132 Å². The molecule has 0 unspecified atom stereocenters. The maximum Gasteiger partial charge on any atom is 0.289 e. The molecule has 2 aromatic rings. The van der Waals surface area contributed by atoms with Crippen LogP contribution in [0, 0.1) is 6.92 Å². The molecule has 1 aliphatic rings. The molecule has 0 atom stereocenters. The number of aromatic amines is 1. The topological polar surface area (TPSA) is 86.6 Å². The van der Waals surface area contributed by atoms with Crippen LogP contribution in [0.2, 0.25) is 0 Å². The maximum absolute atomic E-state index is 12.5. The van der Waals surface area contributed by atoms with Crippen LogP contribution in [0.4, 0.5) is 0 Å². The Morgan fingerprint density at radius 3 is 2.30 bits per heavy atom. The van der Waals surface area contributed by atoms with Gasteiger partial charge in [-0.25, -0.2) is 0 Å². The van der Waals surface area contributed by atoms with E-state index in [9.17, 15) is 14.4 Å². The summed E-state index contributed by atoms with van der Waals surface area (Å²) < 4.78 is 5.11. The zero-order valence-corrected chi connectivity index (χ0v) is 12.7. The number of aromatic nitrogens is 1. The first kappa shape index (κ1) is 15.1. The molecule has 120 valence electrons. The molecule has 0 radical (unpaired) electrons. The Bertz CT molecular complexity index is 771. The molecule has 2 aromatic heterocycles. The molecule has 23 heavy (non-hydrogen) atoms. The lowest BCUT2D eigenvalue weighted by Crippen LogP contribution is -2.50. The number of nitrogens with one attached hydrogen (secondary N) is 1. The Morgan fingerprint density at radius 2 is 1.74 bits per heavy atom. The van der Waals surface area contributed by atoms with Crippen LogP contribution >= 0.6 is 0 Å². The number of H-pyrrole nitrogens is 1. The number of hydrogen-bond acceptors (Lipinski definition) is 4. The Kier molecular flexibility index (Phi) is 4.01.